The van der Waals surface area contributed by atoms with E-state index in [-0.39, 0.29) is 5.69 Å². The van der Waals surface area contributed by atoms with Gasteiger partial charge in [0.2, 0.25) is 0 Å². The predicted molar refractivity (Wildman–Crippen MR) is 68.3 cm³/mol. The number of rotatable bonds is 4. The predicted octanol–water partition coefficient (Wildman–Crippen LogP) is 2.48. The second-order valence-electron chi connectivity index (χ2n) is 3.59. The Morgan fingerprint density at radius 1 is 1.28 bits per heavy atom. The molecular weight excluding hydrogens is 232 g/mol. The molecule has 0 aliphatic heterocycles. The van der Waals surface area contributed by atoms with E-state index in [1.54, 1.807) is 30.6 Å². The second kappa shape index (κ2) is 5.22. The molecule has 0 atom stereocenters. The van der Waals surface area contributed by atoms with Crippen LogP contribution in [-0.4, -0.2) is 21.4 Å². The first-order chi connectivity index (χ1) is 8.72. The van der Waals surface area contributed by atoms with Crippen LogP contribution in [0.25, 0.3) is 11.3 Å². The summed E-state index contributed by atoms with van der Waals surface area (Å²) in [5.74, 6) is 0.620. The average Bonchev–Trinajstić information content (AvgIpc) is 2.40. The van der Waals surface area contributed by atoms with Gasteiger partial charge < -0.3 is 5.32 Å². The van der Waals surface area contributed by atoms with Crippen molar-refractivity contribution in [2.24, 2.45) is 0 Å². The maximum absolute atomic E-state index is 11.0. The van der Waals surface area contributed by atoms with Gasteiger partial charge in [0.1, 0.15) is 5.82 Å². The zero-order valence-electron chi connectivity index (χ0n) is 9.83. The zero-order chi connectivity index (χ0) is 13.0. The normalized spacial score (nSPS) is 10.1. The van der Waals surface area contributed by atoms with E-state index in [2.05, 4.69) is 15.3 Å². The lowest BCUT2D eigenvalue weighted by atomic mass is 10.1. The number of nitro groups is 1. The summed E-state index contributed by atoms with van der Waals surface area (Å²) in [6, 6.07) is 6.46. The molecule has 18 heavy (non-hydrogen) atoms. The number of pyridine rings is 2. The van der Waals surface area contributed by atoms with Gasteiger partial charge in [-0.3, -0.25) is 15.1 Å². The van der Waals surface area contributed by atoms with Crippen LogP contribution in [0.3, 0.4) is 0 Å². The van der Waals surface area contributed by atoms with Crippen LogP contribution in [0.15, 0.2) is 36.7 Å². The first-order valence-electron chi connectivity index (χ1n) is 5.52. The Kier molecular flexibility index (Phi) is 3.47. The van der Waals surface area contributed by atoms with Crippen molar-refractivity contribution in [3.63, 3.8) is 0 Å². The molecule has 6 heteroatoms. The highest BCUT2D eigenvalue weighted by atomic mass is 16.6. The zero-order valence-corrected chi connectivity index (χ0v) is 9.83. The van der Waals surface area contributed by atoms with Gasteiger partial charge in [0.05, 0.1) is 4.92 Å². The van der Waals surface area contributed by atoms with Crippen molar-refractivity contribution >= 4 is 11.5 Å². The Bertz CT molecular complexity index is 557. The third-order valence-corrected chi connectivity index (χ3v) is 2.38. The molecule has 0 unspecified atom stereocenters. The highest BCUT2D eigenvalue weighted by Crippen LogP contribution is 2.28. The molecule has 2 heterocycles. The maximum atomic E-state index is 11.0. The van der Waals surface area contributed by atoms with Crippen LogP contribution >= 0.6 is 0 Å². The monoisotopic (exact) mass is 244 g/mol. The summed E-state index contributed by atoms with van der Waals surface area (Å²) in [6.07, 6.45) is 3.17. The van der Waals surface area contributed by atoms with Crippen molar-refractivity contribution in [1.29, 1.82) is 0 Å². The van der Waals surface area contributed by atoms with E-state index in [1.165, 1.54) is 6.07 Å². The summed E-state index contributed by atoms with van der Waals surface area (Å²) < 4.78 is 0. The highest BCUT2D eigenvalue weighted by molar-refractivity contribution is 5.70. The lowest BCUT2D eigenvalue weighted by Gasteiger charge is -2.06. The summed E-state index contributed by atoms with van der Waals surface area (Å²) in [6.45, 7) is 2.65. The first-order valence-corrected chi connectivity index (χ1v) is 5.52. The molecule has 0 saturated carbocycles. The van der Waals surface area contributed by atoms with Crippen molar-refractivity contribution in [3.8, 4) is 11.3 Å². The van der Waals surface area contributed by atoms with E-state index < -0.39 is 4.92 Å². The van der Waals surface area contributed by atoms with Gasteiger partial charge in [-0.2, -0.15) is 0 Å². The Balaban J connectivity index is 2.54. The summed E-state index contributed by atoms with van der Waals surface area (Å²) >= 11 is 0. The van der Waals surface area contributed by atoms with Crippen LogP contribution in [0, 0.1) is 10.1 Å². The Labute approximate surface area is 104 Å². The van der Waals surface area contributed by atoms with Crippen LogP contribution in [0.4, 0.5) is 11.5 Å². The van der Waals surface area contributed by atoms with Crippen molar-refractivity contribution in [2.75, 3.05) is 11.9 Å². The Morgan fingerprint density at radius 2 is 2.00 bits per heavy atom. The lowest BCUT2D eigenvalue weighted by molar-refractivity contribution is -0.384. The molecule has 2 rings (SSSR count). The minimum atomic E-state index is -0.432. The van der Waals surface area contributed by atoms with Gasteiger partial charge in [-0.15, -0.1) is 0 Å². The Morgan fingerprint density at radius 3 is 2.61 bits per heavy atom. The van der Waals surface area contributed by atoms with E-state index in [9.17, 15) is 10.1 Å². The number of aromatic nitrogens is 2. The molecule has 1 N–H and O–H groups in total. The van der Waals surface area contributed by atoms with Crippen LogP contribution in [0.5, 0.6) is 0 Å². The summed E-state index contributed by atoms with van der Waals surface area (Å²) in [5, 5.41) is 14.0. The number of hydrogen-bond donors (Lipinski definition) is 1. The number of hydrogen-bond acceptors (Lipinski definition) is 5. The van der Waals surface area contributed by atoms with Gasteiger partial charge in [-0.05, 0) is 25.1 Å². The van der Waals surface area contributed by atoms with Crippen LogP contribution in [-0.2, 0) is 0 Å². The van der Waals surface area contributed by atoms with Gasteiger partial charge in [-0.25, -0.2) is 4.98 Å². The molecule has 0 amide bonds. The van der Waals surface area contributed by atoms with E-state index in [0.29, 0.717) is 23.6 Å². The maximum Gasteiger partial charge on any atom is 0.295 e. The average molecular weight is 244 g/mol. The lowest BCUT2D eigenvalue weighted by Crippen LogP contribution is -2.02. The molecule has 0 spiro atoms. The van der Waals surface area contributed by atoms with Gasteiger partial charge in [0.15, 0.2) is 5.69 Å². The molecule has 2 aromatic rings. The second-order valence-corrected chi connectivity index (χ2v) is 3.59. The third-order valence-electron chi connectivity index (χ3n) is 2.38. The first kappa shape index (κ1) is 12.0. The van der Waals surface area contributed by atoms with Crippen molar-refractivity contribution in [1.82, 2.24) is 9.97 Å². The highest BCUT2D eigenvalue weighted by Gasteiger charge is 2.17. The van der Waals surface area contributed by atoms with Gasteiger partial charge in [0.25, 0.3) is 5.69 Å². The van der Waals surface area contributed by atoms with Crippen LogP contribution in [0.1, 0.15) is 6.92 Å². The van der Waals surface area contributed by atoms with Crippen LogP contribution < -0.4 is 5.32 Å². The van der Waals surface area contributed by atoms with Crippen molar-refractivity contribution in [3.05, 3.63) is 46.8 Å². The largest absolute Gasteiger partial charge is 0.370 e. The smallest absolute Gasteiger partial charge is 0.295 e. The number of nitrogens with one attached hydrogen (secondary N) is 1. The number of nitrogens with zero attached hydrogens (tertiary/aromatic N) is 3. The summed E-state index contributed by atoms with van der Waals surface area (Å²) in [4.78, 5) is 18.7. The molecule has 2 aromatic heterocycles. The standard InChI is InChI=1S/C12H12N4O2/c1-2-14-11-4-3-10(16(17)18)12(15-11)9-5-7-13-8-6-9/h3-8H,2H2,1H3,(H,14,15). The molecule has 0 fully saturated rings. The molecule has 0 aliphatic rings. The summed E-state index contributed by atoms with van der Waals surface area (Å²) in [7, 11) is 0. The Hall–Kier alpha value is -2.50. The third kappa shape index (κ3) is 2.42. The van der Waals surface area contributed by atoms with E-state index in [4.69, 9.17) is 0 Å². The molecule has 0 radical (unpaired) electrons. The molecule has 6 nitrogen and oxygen atoms in total. The molecule has 0 aliphatic carbocycles. The molecule has 0 bridgehead atoms. The minimum Gasteiger partial charge on any atom is -0.370 e. The van der Waals surface area contributed by atoms with Crippen molar-refractivity contribution < 1.29 is 4.92 Å². The van der Waals surface area contributed by atoms with Gasteiger partial charge in [0, 0.05) is 30.6 Å². The number of anilines is 1. The molecule has 0 aromatic carbocycles. The molecule has 0 saturated heterocycles. The SMILES string of the molecule is CCNc1ccc([N+](=O)[O-])c(-c2ccncc2)n1. The van der Waals surface area contributed by atoms with E-state index >= 15 is 0 Å². The minimum absolute atomic E-state index is 0.0112. The van der Waals surface area contributed by atoms with E-state index in [0.717, 1.165) is 0 Å². The molecular formula is C12H12N4O2. The van der Waals surface area contributed by atoms with Crippen LogP contribution in [0.2, 0.25) is 0 Å². The van der Waals surface area contributed by atoms with Gasteiger partial charge in [-0.1, -0.05) is 0 Å². The topological polar surface area (TPSA) is 81.0 Å². The fraction of sp³-hybridized carbons (Fsp3) is 0.167. The van der Waals surface area contributed by atoms with Crippen molar-refractivity contribution in [2.45, 2.75) is 6.92 Å². The summed E-state index contributed by atoms with van der Waals surface area (Å²) in [5.41, 5.74) is 1.01. The fourth-order valence-corrected chi connectivity index (χ4v) is 1.60. The fourth-order valence-electron chi connectivity index (χ4n) is 1.60. The molecule has 92 valence electrons. The van der Waals surface area contributed by atoms with E-state index in [1.807, 2.05) is 6.92 Å². The van der Waals surface area contributed by atoms with Gasteiger partial charge >= 0.3 is 0 Å². The quantitative estimate of drug-likeness (QED) is 0.660.